The molecule has 0 aliphatic carbocycles. The number of rotatable bonds is 13. The number of aromatic amines is 1. The van der Waals surface area contributed by atoms with Crippen LogP contribution in [0.3, 0.4) is 0 Å². The van der Waals surface area contributed by atoms with E-state index in [4.69, 9.17) is 19.4 Å². The Morgan fingerprint density at radius 2 is 2.06 bits per heavy atom. The van der Waals surface area contributed by atoms with E-state index in [0.717, 1.165) is 47.3 Å². The average molecular weight is 677 g/mol. The van der Waals surface area contributed by atoms with Gasteiger partial charge < -0.3 is 14.8 Å². The van der Waals surface area contributed by atoms with Gasteiger partial charge in [0.2, 0.25) is 5.91 Å². The highest BCUT2D eigenvalue weighted by molar-refractivity contribution is 7.18. The molecule has 2 N–H and O–H groups in total. The molecule has 4 aromatic heterocycles. The number of alkyl halides is 1. The third kappa shape index (κ3) is 6.84. The van der Waals surface area contributed by atoms with Crippen LogP contribution in [0, 0.1) is 11.6 Å². The van der Waals surface area contributed by atoms with E-state index < -0.39 is 17.7 Å². The van der Waals surface area contributed by atoms with Crippen molar-refractivity contribution in [3.8, 4) is 39.5 Å². The minimum atomic E-state index is -0.820. The van der Waals surface area contributed by atoms with Gasteiger partial charge in [-0.2, -0.15) is 5.10 Å². The van der Waals surface area contributed by atoms with Crippen molar-refractivity contribution in [3.05, 3.63) is 83.1 Å². The molecule has 1 aromatic carbocycles. The van der Waals surface area contributed by atoms with E-state index in [1.807, 2.05) is 11.4 Å². The van der Waals surface area contributed by atoms with E-state index >= 15 is 4.39 Å². The number of methoxy groups -OCH3 is 1. The smallest absolute Gasteiger partial charge is 0.243 e. The minimum absolute atomic E-state index is 0.00115. The Kier molecular flexibility index (Phi) is 10.2. The first kappa shape index (κ1) is 33.3. The highest BCUT2D eigenvalue weighted by Gasteiger charge is 2.28. The molecule has 48 heavy (non-hydrogen) atoms. The van der Waals surface area contributed by atoms with Crippen LogP contribution in [0.5, 0.6) is 5.75 Å². The Hall–Kier alpha value is -4.59. The van der Waals surface area contributed by atoms with E-state index in [-0.39, 0.29) is 37.1 Å². The topological polar surface area (TPSA) is 105 Å². The number of fused-ring (bicyclic) bond motifs is 2. The molecule has 0 bridgehead atoms. The van der Waals surface area contributed by atoms with E-state index in [1.165, 1.54) is 24.5 Å². The average Bonchev–Trinajstić information content (AvgIpc) is 3.78. The molecule has 5 aromatic rings. The van der Waals surface area contributed by atoms with E-state index in [2.05, 4.69) is 33.1 Å². The normalized spacial score (nSPS) is 13.8. The Labute approximate surface area is 279 Å². The molecule has 0 saturated carbocycles. The van der Waals surface area contributed by atoms with Crippen molar-refractivity contribution in [3.63, 3.8) is 0 Å². The lowest BCUT2D eigenvalue weighted by molar-refractivity contribution is -0.117. The van der Waals surface area contributed by atoms with E-state index in [1.54, 1.807) is 19.2 Å². The van der Waals surface area contributed by atoms with Gasteiger partial charge in [-0.05, 0) is 48.6 Å². The van der Waals surface area contributed by atoms with Crippen molar-refractivity contribution in [1.82, 2.24) is 30.4 Å². The maximum absolute atomic E-state index is 16.0. The first-order valence-electron chi connectivity index (χ1n) is 15.6. The zero-order chi connectivity index (χ0) is 33.8. The van der Waals surface area contributed by atoms with Crippen molar-refractivity contribution in [2.24, 2.45) is 0 Å². The number of carbonyl (C=O) groups excluding carboxylic acids is 1. The summed E-state index contributed by atoms with van der Waals surface area (Å²) in [5.41, 5.74) is 5.13. The monoisotopic (exact) mass is 676 g/mol. The van der Waals surface area contributed by atoms with Gasteiger partial charge in [-0.25, -0.2) is 13.8 Å². The maximum atomic E-state index is 16.0. The molecule has 13 heteroatoms. The molecule has 0 saturated heterocycles. The number of amides is 1. The molecule has 5 heterocycles. The van der Waals surface area contributed by atoms with E-state index in [0.29, 0.717) is 52.5 Å². The lowest BCUT2D eigenvalue weighted by atomic mass is 9.95. The summed E-state index contributed by atoms with van der Waals surface area (Å²) < 4.78 is 55.2. The minimum Gasteiger partial charge on any atom is -0.490 e. The molecule has 6 rings (SSSR count). The number of H-pyrrole nitrogens is 1. The maximum Gasteiger partial charge on any atom is 0.243 e. The van der Waals surface area contributed by atoms with Gasteiger partial charge in [0.25, 0.3) is 0 Å². The van der Waals surface area contributed by atoms with Gasteiger partial charge >= 0.3 is 0 Å². The SMILES string of the molecule is C=CC(=O)N[C@H](C)c1cc(-c2nc(-c3cnc4c(c3)CN(CCCF)CC4)c3ccsc3c2-c2c(F)cc(F)cc2OCCOC)n[nH]1. The number of thiophene rings is 1. The van der Waals surface area contributed by atoms with Gasteiger partial charge in [0, 0.05) is 78.4 Å². The fourth-order valence-electron chi connectivity index (χ4n) is 5.92. The number of benzene rings is 1. The lowest BCUT2D eigenvalue weighted by Gasteiger charge is -2.28. The Morgan fingerprint density at radius 1 is 1.21 bits per heavy atom. The van der Waals surface area contributed by atoms with Crippen molar-refractivity contribution in [2.45, 2.75) is 32.4 Å². The Balaban J connectivity index is 1.55. The molecular weight excluding hydrogens is 641 g/mol. The van der Waals surface area contributed by atoms with Crippen LogP contribution in [-0.4, -0.2) is 71.1 Å². The second kappa shape index (κ2) is 14.7. The van der Waals surface area contributed by atoms with Gasteiger partial charge in [-0.1, -0.05) is 6.58 Å². The van der Waals surface area contributed by atoms with Crippen LogP contribution < -0.4 is 10.1 Å². The van der Waals surface area contributed by atoms with Crippen LogP contribution in [0.4, 0.5) is 13.2 Å². The molecule has 9 nitrogen and oxygen atoms in total. The number of aromatic nitrogens is 4. The van der Waals surface area contributed by atoms with Gasteiger partial charge in [-0.3, -0.25) is 24.2 Å². The van der Waals surface area contributed by atoms with Crippen LogP contribution in [0.1, 0.15) is 36.3 Å². The van der Waals surface area contributed by atoms with Gasteiger partial charge in [0.05, 0.1) is 36.3 Å². The third-order valence-corrected chi connectivity index (χ3v) is 9.20. The molecular formula is C35H35F3N6O3S. The first-order chi connectivity index (χ1) is 23.3. The molecule has 0 fully saturated rings. The first-order valence-corrected chi connectivity index (χ1v) is 16.5. The van der Waals surface area contributed by atoms with Crippen LogP contribution >= 0.6 is 11.3 Å². The van der Waals surface area contributed by atoms with Crippen molar-refractivity contribution in [1.29, 1.82) is 0 Å². The summed E-state index contributed by atoms with van der Waals surface area (Å²) in [6.45, 7) is 7.34. The van der Waals surface area contributed by atoms with Crippen LogP contribution in [0.15, 0.2) is 54.6 Å². The molecule has 0 radical (unpaired) electrons. The standard InChI is InChI=1S/C35H35F3N6O3S/c1-4-30(45)40-20(2)27-17-28(43-42-27)34-32(31-25(38)15-23(37)16-29(31)47-12-11-46-3)35-24(7-13-48-35)33(41-34)21-14-22-19-44(9-5-8-36)10-6-26(22)39-18-21/h4,7,13-18,20H,1,5-6,8-12,19H2,2-3H3,(H,40,45)(H,42,43)/t20-/m1/s1. The number of hydrogen-bond acceptors (Lipinski definition) is 8. The number of hydrogen-bond donors (Lipinski definition) is 2. The lowest BCUT2D eigenvalue weighted by Crippen LogP contribution is -2.32. The summed E-state index contributed by atoms with van der Waals surface area (Å²) in [4.78, 5) is 24.2. The molecule has 1 aliphatic heterocycles. The number of carbonyl (C=O) groups is 1. The zero-order valence-electron chi connectivity index (χ0n) is 26.6. The zero-order valence-corrected chi connectivity index (χ0v) is 27.4. The predicted molar refractivity (Wildman–Crippen MR) is 179 cm³/mol. The summed E-state index contributed by atoms with van der Waals surface area (Å²) >= 11 is 1.39. The van der Waals surface area contributed by atoms with Crippen molar-refractivity contribution >= 4 is 27.3 Å². The van der Waals surface area contributed by atoms with Crippen molar-refractivity contribution in [2.75, 3.05) is 40.1 Å². The van der Waals surface area contributed by atoms with Gasteiger partial charge in [0.15, 0.2) is 0 Å². The Morgan fingerprint density at radius 3 is 2.85 bits per heavy atom. The fourth-order valence-corrected chi connectivity index (χ4v) is 6.87. The molecule has 250 valence electrons. The molecule has 1 amide bonds. The van der Waals surface area contributed by atoms with Crippen LogP contribution in [0.25, 0.3) is 43.9 Å². The number of ether oxygens (including phenoxy) is 2. The summed E-state index contributed by atoms with van der Waals surface area (Å²) in [5.74, 6) is -1.96. The summed E-state index contributed by atoms with van der Waals surface area (Å²) in [7, 11) is 1.51. The van der Waals surface area contributed by atoms with Crippen molar-refractivity contribution < 1.29 is 27.4 Å². The summed E-state index contributed by atoms with van der Waals surface area (Å²) in [6, 6.07) is 7.23. The number of nitrogens with one attached hydrogen (secondary N) is 2. The van der Waals surface area contributed by atoms with Crippen LogP contribution in [0.2, 0.25) is 0 Å². The third-order valence-electron chi connectivity index (χ3n) is 8.27. The van der Waals surface area contributed by atoms with E-state index in [9.17, 15) is 13.6 Å². The second-order valence-electron chi connectivity index (χ2n) is 11.5. The second-order valence-corrected chi connectivity index (χ2v) is 12.4. The number of nitrogens with zero attached hydrogens (tertiary/aromatic N) is 4. The molecule has 1 atom stereocenters. The number of pyridine rings is 2. The Bertz CT molecular complexity index is 1960. The molecule has 0 unspecified atom stereocenters. The highest BCUT2D eigenvalue weighted by Crippen LogP contribution is 2.47. The van der Waals surface area contributed by atoms with Gasteiger partial charge in [-0.15, -0.1) is 11.3 Å². The number of halogens is 3. The predicted octanol–water partition coefficient (Wildman–Crippen LogP) is 6.80. The van der Waals surface area contributed by atoms with Gasteiger partial charge in [0.1, 0.15) is 35.4 Å². The summed E-state index contributed by atoms with van der Waals surface area (Å²) in [6.07, 6.45) is 4.21. The fraction of sp³-hybridized carbons (Fsp3) is 0.314. The molecule has 1 aliphatic rings. The molecule has 0 spiro atoms. The summed E-state index contributed by atoms with van der Waals surface area (Å²) in [5, 5.41) is 13.0. The highest BCUT2D eigenvalue weighted by atomic mass is 32.1. The quantitative estimate of drug-likeness (QED) is 0.104. The van der Waals surface area contributed by atoms with Crippen LogP contribution in [-0.2, 0) is 22.5 Å². The largest absolute Gasteiger partial charge is 0.490 e.